The number of nitrogens with one attached hydrogen (secondary N) is 1. The summed E-state index contributed by atoms with van der Waals surface area (Å²) >= 11 is 12.1. The van der Waals surface area contributed by atoms with Gasteiger partial charge in [0.15, 0.2) is 0 Å². The number of anilines is 2. The molecule has 1 aliphatic heterocycles. The summed E-state index contributed by atoms with van der Waals surface area (Å²) in [6.07, 6.45) is 0.141. The van der Waals surface area contributed by atoms with Crippen LogP contribution in [0.1, 0.15) is 13.3 Å². The minimum absolute atomic E-state index is 0.138. The van der Waals surface area contributed by atoms with E-state index in [-0.39, 0.29) is 24.8 Å². The van der Waals surface area contributed by atoms with Crippen molar-refractivity contribution >= 4 is 46.4 Å². The van der Waals surface area contributed by atoms with Crippen molar-refractivity contribution in [3.05, 3.63) is 52.5 Å². The first-order chi connectivity index (χ1) is 12.5. The molecule has 1 heterocycles. The van der Waals surface area contributed by atoms with Gasteiger partial charge in [0.1, 0.15) is 5.75 Å². The van der Waals surface area contributed by atoms with Gasteiger partial charge in [-0.25, -0.2) is 0 Å². The van der Waals surface area contributed by atoms with Gasteiger partial charge in [-0.15, -0.1) is 0 Å². The Balaban J connectivity index is 1.66. The van der Waals surface area contributed by atoms with Crippen molar-refractivity contribution < 1.29 is 14.3 Å². The second kappa shape index (κ2) is 7.98. The van der Waals surface area contributed by atoms with Gasteiger partial charge in [-0.2, -0.15) is 0 Å². The number of halogens is 2. The number of carbonyl (C=O) groups excluding carboxylic acids is 2. The molecule has 0 radical (unpaired) electrons. The van der Waals surface area contributed by atoms with E-state index >= 15 is 0 Å². The molecular weight excluding hydrogens is 375 g/mol. The Bertz CT molecular complexity index is 824. The summed E-state index contributed by atoms with van der Waals surface area (Å²) in [5.41, 5.74) is 1.23. The van der Waals surface area contributed by atoms with Gasteiger partial charge in [-0.1, -0.05) is 23.2 Å². The molecule has 1 saturated heterocycles. The molecule has 1 unspecified atom stereocenters. The van der Waals surface area contributed by atoms with E-state index in [1.165, 1.54) is 4.90 Å². The van der Waals surface area contributed by atoms with E-state index in [1.807, 2.05) is 6.92 Å². The number of amides is 2. The number of benzene rings is 2. The maximum Gasteiger partial charge on any atom is 0.229 e. The van der Waals surface area contributed by atoms with Crippen molar-refractivity contribution in [1.29, 1.82) is 0 Å². The molecule has 2 aromatic carbocycles. The topological polar surface area (TPSA) is 58.6 Å². The van der Waals surface area contributed by atoms with E-state index in [0.717, 1.165) is 5.75 Å². The summed E-state index contributed by atoms with van der Waals surface area (Å²) in [5, 5.41) is 3.72. The Morgan fingerprint density at radius 1 is 1.23 bits per heavy atom. The number of nitrogens with zero attached hydrogens (tertiary/aromatic N) is 1. The van der Waals surface area contributed by atoms with Crippen LogP contribution in [0.15, 0.2) is 42.5 Å². The third-order valence-corrected chi connectivity index (χ3v) is 4.67. The highest BCUT2D eigenvalue weighted by atomic mass is 35.5. The summed E-state index contributed by atoms with van der Waals surface area (Å²) in [6, 6.07) is 12.1. The van der Waals surface area contributed by atoms with Crippen LogP contribution in [-0.2, 0) is 9.59 Å². The van der Waals surface area contributed by atoms with Crippen LogP contribution in [0.2, 0.25) is 10.0 Å². The van der Waals surface area contributed by atoms with Crippen LogP contribution in [-0.4, -0.2) is 25.0 Å². The SMILES string of the molecule is CCOc1ccc(NC(=O)C2CC(=O)N(c3ccc(Cl)cc3Cl)C2)cc1. The maximum absolute atomic E-state index is 12.5. The molecule has 0 aromatic heterocycles. The fourth-order valence-corrected chi connectivity index (χ4v) is 3.37. The molecule has 1 aliphatic rings. The van der Waals surface area contributed by atoms with Crippen molar-refractivity contribution in [1.82, 2.24) is 0 Å². The van der Waals surface area contributed by atoms with Gasteiger partial charge >= 0.3 is 0 Å². The third kappa shape index (κ3) is 4.11. The van der Waals surface area contributed by atoms with Gasteiger partial charge in [0.05, 0.1) is 23.2 Å². The van der Waals surface area contributed by atoms with E-state index in [9.17, 15) is 9.59 Å². The van der Waals surface area contributed by atoms with E-state index in [2.05, 4.69) is 5.32 Å². The summed E-state index contributed by atoms with van der Waals surface area (Å²) in [6.45, 7) is 2.77. The molecule has 0 saturated carbocycles. The van der Waals surface area contributed by atoms with Gasteiger partial charge in [0, 0.05) is 23.7 Å². The van der Waals surface area contributed by atoms with Crippen molar-refractivity contribution in [2.75, 3.05) is 23.4 Å². The number of ether oxygens (including phenoxy) is 1. The molecule has 1 fully saturated rings. The molecule has 0 bridgehead atoms. The molecule has 5 nitrogen and oxygen atoms in total. The van der Waals surface area contributed by atoms with Crippen molar-refractivity contribution in [2.45, 2.75) is 13.3 Å². The Morgan fingerprint density at radius 3 is 2.62 bits per heavy atom. The highest BCUT2D eigenvalue weighted by Gasteiger charge is 2.36. The standard InChI is InChI=1S/C19H18Cl2N2O3/c1-2-26-15-6-4-14(5-7-15)22-19(25)12-9-18(24)23(11-12)17-8-3-13(20)10-16(17)21/h3-8,10,12H,2,9,11H2,1H3,(H,22,25). The zero-order valence-electron chi connectivity index (χ0n) is 14.2. The fourth-order valence-electron chi connectivity index (χ4n) is 2.86. The van der Waals surface area contributed by atoms with Gasteiger partial charge in [0.25, 0.3) is 0 Å². The van der Waals surface area contributed by atoms with Gasteiger partial charge in [-0.3, -0.25) is 9.59 Å². The number of hydrogen-bond donors (Lipinski definition) is 1. The van der Waals surface area contributed by atoms with Crippen LogP contribution in [0.25, 0.3) is 0 Å². The van der Waals surface area contributed by atoms with E-state index in [1.54, 1.807) is 42.5 Å². The summed E-state index contributed by atoms with van der Waals surface area (Å²) in [4.78, 5) is 26.4. The van der Waals surface area contributed by atoms with Gasteiger partial charge in [0.2, 0.25) is 11.8 Å². The minimum Gasteiger partial charge on any atom is -0.494 e. The zero-order chi connectivity index (χ0) is 18.7. The van der Waals surface area contributed by atoms with Crippen LogP contribution >= 0.6 is 23.2 Å². The monoisotopic (exact) mass is 392 g/mol. The summed E-state index contributed by atoms with van der Waals surface area (Å²) < 4.78 is 5.38. The number of hydrogen-bond acceptors (Lipinski definition) is 3. The smallest absolute Gasteiger partial charge is 0.229 e. The molecule has 0 aliphatic carbocycles. The highest BCUT2D eigenvalue weighted by molar-refractivity contribution is 6.36. The number of carbonyl (C=O) groups is 2. The lowest BCUT2D eigenvalue weighted by Gasteiger charge is -2.18. The first-order valence-electron chi connectivity index (χ1n) is 8.27. The van der Waals surface area contributed by atoms with Crippen molar-refractivity contribution in [3.63, 3.8) is 0 Å². The van der Waals surface area contributed by atoms with Gasteiger partial charge in [-0.05, 0) is 49.4 Å². The Morgan fingerprint density at radius 2 is 1.96 bits per heavy atom. The first-order valence-corrected chi connectivity index (χ1v) is 9.02. The van der Waals surface area contributed by atoms with E-state index < -0.39 is 5.92 Å². The molecule has 3 rings (SSSR count). The average Bonchev–Trinajstić information content (AvgIpc) is 2.99. The quantitative estimate of drug-likeness (QED) is 0.820. The molecule has 2 aromatic rings. The van der Waals surface area contributed by atoms with Crippen LogP contribution in [0.4, 0.5) is 11.4 Å². The van der Waals surface area contributed by atoms with Crippen LogP contribution in [0.3, 0.4) is 0 Å². The predicted octanol–water partition coefficient (Wildman–Crippen LogP) is 4.38. The fraction of sp³-hybridized carbons (Fsp3) is 0.263. The summed E-state index contributed by atoms with van der Waals surface area (Å²) in [7, 11) is 0. The van der Waals surface area contributed by atoms with Crippen molar-refractivity contribution in [2.24, 2.45) is 5.92 Å². The Kier molecular flexibility index (Phi) is 5.69. The number of rotatable bonds is 5. The molecule has 1 atom stereocenters. The molecule has 2 amide bonds. The molecule has 26 heavy (non-hydrogen) atoms. The molecule has 136 valence electrons. The second-order valence-corrected chi connectivity index (χ2v) is 6.79. The molecular formula is C19H18Cl2N2O3. The summed E-state index contributed by atoms with van der Waals surface area (Å²) in [5.74, 6) is -0.0397. The Hall–Kier alpha value is -2.24. The van der Waals surface area contributed by atoms with Crippen LogP contribution in [0.5, 0.6) is 5.75 Å². The van der Waals surface area contributed by atoms with Crippen LogP contribution < -0.4 is 15.0 Å². The maximum atomic E-state index is 12.5. The lowest BCUT2D eigenvalue weighted by atomic mass is 10.1. The van der Waals surface area contributed by atoms with E-state index in [0.29, 0.717) is 28.0 Å². The van der Waals surface area contributed by atoms with E-state index in [4.69, 9.17) is 27.9 Å². The molecule has 7 heteroatoms. The van der Waals surface area contributed by atoms with Crippen LogP contribution in [0, 0.1) is 5.92 Å². The van der Waals surface area contributed by atoms with Gasteiger partial charge < -0.3 is 15.0 Å². The normalized spacial score (nSPS) is 16.7. The third-order valence-electron chi connectivity index (χ3n) is 4.13. The second-order valence-electron chi connectivity index (χ2n) is 5.95. The lowest BCUT2D eigenvalue weighted by molar-refractivity contribution is -0.122. The largest absolute Gasteiger partial charge is 0.494 e. The highest BCUT2D eigenvalue weighted by Crippen LogP contribution is 2.33. The minimum atomic E-state index is -0.444. The lowest BCUT2D eigenvalue weighted by Crippen LogP contribution is -2.28. The molecule has 1 N–H and O–H groups in total. The average molecular weight is 393 g/mol. The Labute approximate surface area is 161 Å². The molecule has 0 spiro atoms. The predicted molar refractivity (Wildman–Crippen MR) is 103 cm³/mol. The first kappa shape index (κ1) is 18.5. The van der Waals surface area contributed by atoms with Crippen molar-refractivity contribution in [3.8, 4) is 5.75 Å². The zero-order valence-corrected chi connectivity index (χ0v) is 15.7.